The first-order valence-electron chi connectivity index (χ1n) is 19.7. The summed E-state index contributed by atoms with van der Waals surface area (Å²) in [6, 6.07) is 22.2. The van der Waals surface area contributed by atoms with E-state index in [1.165, 1.54) is 50.6 Å². The molecule has 3 atom stereocenters. The van der Waals surface area contributed by atoms with E-state index < -0.39 is 11.9 Å². The van der Waals surface area contributed by atoms with Crippen molar-refractivity contribution >= 4 is 47.0 Å². The van der Waals surface area contributed by atoms with Crippen LogP contribution >= 0.6 is 23.2 Å². The monoisotopic (exact) mass is 882 g/mol. The topological polar surface area (TPSA) is 118 Å². The Balaban J connectivity index is 0.000000231. The zero-order chi connectivity index (χ0) is 44.2. The molecule has 0 spiro atoms. The van der Waals surface area contributed by atoms with Crippen LogP contribution in [-0.2, 0) is 32.2 Å². The maximum Gasteiger partial charge on any atom is 0.341 e. The number of methoxy groups -OCH3 is 2. The molecule has 16 heteroatoms. The fourth-order valence-corrected chi connectivity index (χ4v) is 7.57. The van der Waals surface area contributed by atoms with Crippen LogP contribution in [0.4, 0.5) is 8.78 Å². The molecule has 3 unspecified atom stereocenters. The van der Waals surface area contributed by atoms with Crippen LogP contribution in [0.25, 0.3) is 0 Å². The largest absolute Gasteiger partial charge is 0.483 e. The second-order valence-electron chi connectivity index (χ2n) is 14.9. The summed E-state index contributed by atoms with van der Waals surface area (Å²) in [5.74, 6) is -1.48. The van der Waals surface area contributed by atoms with Gasteiger partial charge in [-0.25, -0.2) is 18.4 Å². The molecule has 2 aliphatic rings. The summed E-state index contributed by atoms with van der Waals surface area (Å²) >= 11 is 11.9. The van der Waals surface area contributed by atoms with Crippen molar-refractivity contribution in [1.82, 2.24) is 19.6 Å². The van der Waals surface area contributed by atoms with Crippen molar-refractivity contribution in [2.45, 2.75) is 52.0 Å². The van der Waals surface area contributed by atoms with E-state index >= 15 is 0 Å². The molecule has 0 aliphatic carbocycles. The Morgan fingerprint density at radius 1 is 0.590 bits per heavy atom. The minimum Gasteiger partial charge on any atom is -0.483 e. The van der Waals surface area contributed by atoms with Gasteiger partial charge in [-0.2, -0.15) is 0 Å². The first-order valence-corrected chi connectivity index (χ1v) is 20.5. The molecule has 2 heterocycles. The van der Waals surface area contributed by atoms with E-state index in [9.17, 15) is 28.0 Å². The van der Waals surface area contributed by atoms with E-state index in [2.05, 4.69) is 16.7 Å². The summed E-state index contributed by atoms with van der Waals surface area (Å²) in [5, 5.41) is 0.749. The first-order chi connectivity index (χ1) is 29.1. The van der Waals surface area contributed by atoms with Crippen molar-refractivity contribution in [3.63, 3.8) is 0 Å². The molecule has 0 saturated carbocycles. The quantitative estimate of drug-likeness (QED) is 0.136. The van der Waals surface area contributed by atoms with Gasteiger partial charge >= 0.3 is 11.9 Å². The number of nitrogens with zero attached hydrogens (tertiary/aromatic N) is 4. The van der Waals surface area contributed by atoms with Crippen molar-refractivity contribution in [2.75, 3.05) is 60.2 Å². The number of carbonyl (C=O) groups is 4. The summed E-state index contributed by atoms with van der Waals surface area (Å²) < 4.78 is 47.0. The molecule has 6 rings (SSSR count). The molecule has 2 fully saturated rings. The predicted molar refractivity (Wildman–Crippen MR) is 227 cm³/mol. The Kier molecular flexibility index (Phi) is 16.9. The van der Waals surface area contributed by atoms with E-state index in [0.717, 1.165) is 11.1 Å². The van der Waals surface area contributed by atoms with E-state index in [-0.39, 0.29) is 77.4 Å². The molecule has 2 saturated heterocycles. The molecule has 326 valence electrons. The Morgan fingerprint density at radius 3 is 1.52 bits per heavy atom. The highest BCUT2D eigenvalue weighted by Gasteiger charge is 2.33. The van der Waals surface area contributed by atoms with Crippen LogP contribution in [0.5, 0.6) is 11.5 Å². The summed E-state index contributed by atoms with van der Waals surface area (Å²) in [6.07, 6.45) is 0. The summed E-state index contributed by atoms with van der Waals surface area (Å²) in [5.41, 5.74) is 2.41. The average Bonchev–Trinajstić information content (AvgIpc) is 3.25. The number of esters is 2. The van der Waals surface area contributed by atoms with Gasteiger partial charge in [-0.15, -0.1) is 0 Å². The number of carbonyl (C=O) groups excluding carboxylic acids is 4. The van der Waals surface area contributed by atoms with Gasteiger partial charge in [0.05, 0.1) is 14.2 Å². The number of benzene rings is 4. The second kappa shape index (κ2) is 22.0. The first kappa shape index (κ1) is 46.8. The highest BCUT2D eigenvalue weighted by Crippen LogP contribution is 2.26. The number of hydrogen-bond donors (Lipinski definition) is 0. The van der Waals surface area contributed by atoms with Crippen molar-refractivity contribution in [3.8, 4) is 11.5 Å². The summed E-state index contributed by atoms with van der Waals surface area (Å²) in [4.78, 5) is 57.5. The summed E-state index contributed by atoms with van der Waals surface area (Å²) in [7, 11) is 2.54. The maximum atomic E-state index is 13.1. The number of hydrogen-bond acceptors (Lipinski definition) is 10. The lowest BCUT2D eigenvalue weighted by molar-refractivity contribution is -0.139. The van der Waals surface area contributed by atoms with Gasteiger partial charge in [-0.1, -0.05) is 47.5 Å². The standard InChI is InChI=1S/C23H26ClFN2O4.C22H24ClFN2O4/c1-15-12-27(16(2)11-26(15)13-17-4-7-19(25)8-5-17)22(28)14-31-21-9-6-18(24)10-20(21)23(29)30-3;1-15-12-25(13-16-3-6-18(24)7-4-16)9-10-26(15)21(27)14-30-20-8-5-17(23)11-19(20)22(28)29-2/h4-10,15-16H,11-14H2,1-3H3;3-8,11,15H,9-10,12-14H2,1-2H3. The third-order valence-corrected chi connectivity index (χ3v) is 11.0. The molecule has 0 N–H and O–H groups in total. The zero-order valence-electron chi connectivity index (χ0n) is 34.7. The van der Waals surface area contributed by atoms with E-state index in [1.54, 1.807) is 58.3 Å². The highest BCUT2D eigenvalue weighted by atomic mass is 35.5. The third kappa shape index (κ3) is 13.1. The number of ether oxygens (including phenoxy) is 4. The molecule has 0 bridgehead atoms. The van der Waals surface area contributed by atoms with Crippen LogP contribution < -0.4 is 9.47 Å². The van der Waals surface area contributed by atoms with Crippen molar-refractivity contribution in [1.29, 1.82) is 0 Å². The van der Waals surface area contributed by atoms with Gasteiger partial charge in [-0.3, -0.25) is 19.4 Å². The van der Waals surface area contributed by atoms with Gasteiger partial charge in [0.2, 0.25) is 0 Å². The smallest absolute Gasteiger partial charge is 0.341 e. The van der Waals surface area contributed by atoms with Crippen LogP contribution in [0.3, 0.4) is 0 Å². The Bertz CT molecular complexity index is 2150. The fraction of sp³-hybridized carbons (Fsp3) is 0.378. The third-order valence-electron chi connectivity index (χ3n) is 10.5. The number of halogens is 4. The normalized spacial score (nSPS) is 18.1. The molecule has 2 amide bonds. The second-order valence-corrected chi connectivity index (χ2v) is 15.8. The Labute approximate surface area is 364 Å². The number of amides is 2. The van der Waals surface area contributed by atoms with Gasteiger partial charge in [0.15, 0.2) is 13.2 Å². The SMILES string of the molecule is COC(=O)c1cc(Cl)ccc1OCC(=O)N1CC(C)N(Cc2ccc(F)cc2)CC1C.COC(=O)c1cc(Cl)ccc1OCC(=O)N1CCN(Cc2ccc(F)cc2)CC1C. The number of piperazine rings is 2. The van der Waals surface area contributed by atoms with E-state index in [4.69, 9.17) is 42.1 Å². The molecular weight excluding hydrogens is 833 g/mol. The highest BCUT2D eigenvalue weighted by molar-refractivity contribution is 6.31. The lowest BCUT2D eigenvalue weighted by Crippen LogP contribution is -2.58. The molecular formula is C45H50Cl2F2N4O8. The van der Waals surface area contributed by atoms with Crippen molar-refractivity contribution in [3.05, 3.63) is 129 Å². The van der Waals surface area contributed by atoms with Crippen LogP contribution in [0.2, 0.25) is 10.0 Å². The van der Waals surface area contributed by atoms with Crippen molar-refractivity contribution in [2.24, 2.45) is 0 Å². The number of rotatable bonds is 12. The summed E-state index contributed by atoms with van der Waals surface area (Å²) in [6.45, 7) is 10.3. The van der Waals surface area contributed by atoms with Crippen molar-refractivity contribution < 1.29 is 46.9 Å². The van der Waals surface area contributed by atoms with Crippen LogP contribution in [0.1, 0.15) is 52.6 Å². The Morgan fingerprint density at radius 2 is 1.05 bits per heavy atom. The zero-order valence-corrected chi connectivity index (χ0v) is 36.3. The van der Waals surface area contributed by atoms with Crippen LogP contribution in [0, 0.1) is 11.6 Å². The van der Waals surface area contributed by atoms with Gasteiger partial charge in [0, 0.05) is 74.0 Å². The van der Waals surface area contributed by atoms with Gasteiger partial charge in [0.1, 0.15) is 34.3 Å². The van der Waals surface area contributed by atoms with E-state index in [0.29, 0.717) is 55.9 Å². The van der Waals surface area contributed by atoms with Gasteiger partial charge in [0.25, 0.3) is 11.8 Å². The minimum absolute atomic E-state index is 0.000550. The van der Waals surface area contributed by atoms with Gasteiger partial charge in [-0.05, 0) is 92.6 Å². The van der Waals surface area contributed by atoms with Gasteiger partial charge < -0.3 is 28.7 Å². The molecule has 61 heavy (non-hydrogen) atoms. The molecule has 4 aromatic rings. The van der Waals surface area contributed by atoms with Crippen LogP contribution in [0.15, 0.2) is 84.9 Å². The Hall–Kier alpha value is -5.28. The fourth-order valence-electron chi connectivity index (χ4n) is 7.23. The maximum absolute atomic E-state index is 13.1. The van der Waals surface area contributed by atoms with Crippen LogP contribution in [-0.4, -0.2) is 122 Å². The van der Waals surface area contributed by atoms with E-state index in [1.807, 2.05) is 13.8 Å². The molecule has 2 aliphatic heterocycles. The molecule has 12 nitrogen and oxygen atoms in total. The lowest BCUT2D eigenvalue weighted by atomic mass is 10.1. The average molecular weight is 884 g/mol. The minimum atomic E-state index is -0.582. The molecule has 0 radical (unpaired) electrons. The molecule has 0 aromatic heterocycles. The molecule has 4 aromatic carbocycles. The lowest BCUT2D eigenvalue weighted by Gasteiger charge is -2.44. The predicted octanol–water partition coefficient (Wildman–Crippen LogP) is 7.14.